The van der Waals surface area contributed by atoms with Gasteiger partial charge in [0, 0.05) is 36.6 Å². The number of H-pyrrole nitrogens is 1. The van der Waals surface area contributed by atoms with E-state index in [-0.39, 0.29) is 12.1 Å². The zero-order valence-corrected chi connectivity index (χ0v) is 11.5. The van der Waals surface area contributed by atoms with Crippen molar-refractivity contribution in [2.45, 2.75) is 18.7 Å². The molecular formula is C12H17N5OS. The summed E-state index contributed by atoms with van der Waals surface area (Å²) in [4.78, 5) is 13.6. The molecule has 0 aliphatic carbocycles. The van der Waals surface area contributed by atoms with E-state index in [1.165, 1.54) is 6.33 Å². The Morgan fingerprint density at radius 1 is 1.58 bits per heavy atom. The fourth-order valence-electron chi connectivity index (χ4n) is 2.52. The van der Waals surface area contributed by atoms with Crippen molar-refractivity contribution in [3.8, 4) is 0 Å². The van der Waals surface area contributed by atoms with Gasteiger partial charge in [-0.05, 0) is 6.26 Å². The molecule has 0 amide bonds. The zero-order chi connectivity index (χ0) is 13.4. The van der Waals surface area contributed by atoms with Crippen molar-refractivity contribution in [2.75, 3.05) is 24.3 Å². The minimum Gasteiger partial charge on any atom is -0.390 e. The monoisotopic (exact) mass is 279 g/mol. The Kier molecular flexibility index (Phi) is 3.34. The summed E-state index contributed by atoms with van der Waals surface area (Å²) < 4.78 is 0. The maximum atomic E-state index is 9.79. The number of thioether (sulfide) groups is 1. The van der Waals surface area contributed by atoms with Gasteiger partial charge >= 0.3 is 0 Å². The van der Waals surface area contributed by atoms with Crippen LogP contribution in [0.25, 0.3) is 11.0 Å². The van der Waals surface area contributed by atoms with Gasteiger partial charge in [-0.1, -0.05) is 0 Å². The molecule has 4 N–H and O–H groups in total. The number of nitrogen functional groups attached to an aromatic ring is 1. The lowest BCUT2D eigenvalue weighted by molar-refractivity contribution is -0.0544. The highest BCUT2D eigenvalue weighted by molar-refractivity contribution is 7.98. The molecule has 0 spiro atoms. The average Bonchev–Trinajstić information content (AvgIpc) is 2.80. The predicted molar refractivity (Wildman–Crippen MR) is 76.9 cm³/mol. The van der Waals surface area contributed by atoms with E-state index in [9.17, 15) is 5.11 Å². The summed E-state index contributed by atoms with van der Waals surface area (Å²) in [7, 11) is 0. The summed E-state index contributed by atoms with van der Waals surface area (Å²) in [5, 5.41) is 9.79. The van der Waals surface area contributed by atoms with E-state index in [0.717, 1.165) is 35.4 Å². The molecule has 2 aromatic rings. The molecule has 1 aliphatic rings. The number of nitrogens with one attached hydrogen (secondary N) is 1. The van der Waals surface area contributed by atoms with E-state index < -0.39 is 0 Å². The van der Waals surface area contributed by atoms with Crippen LogP contribution in [0.4, 0.5) is 5.82 Å². The molecule has 2 atom stereocenters. The quantitative estimate of drug-likeness (QED) is 0.752. The number of rotatable bonds is 4. The Bertz CT molecular complexity index is 587. The number of hydrogen-bond donors (Lipinski definition) is 3. The topological polar surface area (TPSA) is 91.1 Å². The highest BCUT2D eigenvalue weighted by Gasteiger charge is 2.37. The molecule has 102 valence electrons. The van der Waals surface area contributed by atoms with Gasteiger partial charge < -0.3 is 15.8 Å². The molecule has 0 aromatic carbocycles. The molecule has 0 unspecified atom stereocenters. The number of nitrogens with zero attached hydrogens (tertiary/aromatic N) is 3. The van der Waals surface area contributed by atoms with Gasteiger partial charge in [-0.2, -0.15) is 11.8 Å². The van der Waals surface area contributed by atoms with Crippen LogP contribution in [0, 0.1) is 0 Å². The molecule has 2 aromatic heterocycles. The first kappa shape index (κ1) is 12.7. The highest BCUT2D eigenvalue weighted by atomic mass is 32.2. The number of β-amino-alcohol motifs (C(OH)–C–C–N with tert-alkyl or cyclic N) is 1. The lowest BCUT2D eigenvalue weighted by atomic mass is 10.0. The van der Waals surface area contributed by atoms with Gasteiger partial charge in [0.2, 0.25) is 0 Å². The van der Waals surface area contributed by atoms with Gasteiger partial charge in [0.15, 0.2) is 5.82 Å². The van der Waals surface area contributed by atoms with Crippen molar-refractivity contribution in [1.82, 2.24) is 19.9 Å². The lowest BCUT2D eigenvalue weighted by Gasteiger charge is -2.45. The zero-order valence-electron chi connectivity index (χ0n) is 10.7. The third kappa shape index (κ3) is 2.18. The molecule has 1 fully saturated rings. The highest BCUT2D eigenvalue weighted by Crippen LogP contribution is 2.27. The molecule has 0 radical (unpaired) electrons. The summed E-state index contributed by atoms with van der Waals surface area (Å²) in [5.41, 5.74) is 8.57. The van der Waals surface area contributed by atoms with E-state index in [1.54, 1.807) is 11.8 Å². The van der Waals surface area contributed by atoms with E-state index in [1.807, 2.05) is 6.20 Å². The van der Waals surface area contributed by atoms with Crippen molar-refractivity contribution in [1.29, 1.82) is 0 Å². The number of anilines is 1. The maximum absolute atomic E-state index is 9.79. The molecule has 19 heavy (non-hydrogen) atoms. The third-order valence-electron chi connectivity index (χ3n) is 3.62. The van der Waals surface area contributed by atoms with Crippen LogP contribution in [-0.4, -0.2) is 55.7 Å². The van der Waals surface area contributed by atoms with Crippen molar-refractivity contribution < 1.29 is 5.11 Å². The molecule has 1 aliphatic heterocycles. The number of likely N-dealkylation sites (tertiary alicyclic amines) is 1. The van der Waals surface area contributed by atoms with Crippen LogP contribution in [-0.2, 0) is 6.54 Å². The van der Waals surface area contributed by atoms with Gasteiger partial charge in [-0.3, -0.25) is 4.90 Å². The molecule has 6 nitrogen and oxygen atoms in total. The second kappa shape index (κ2) is 4.99. The van der Waals surface area contributed by atoms with E-state index in [4.69, 9.17) is 5.73 Å². The number of aliphatic hydroxyl groups is 1. The van der Waals surface area contributed by atoms with Gasteiger partial charge in [0.1, 0.15) is 11.8 Å². The Balaban J connectivity index is 1.81. The standard InChI is InChI=1S/C12H17N5OS/c1-19-5-8-9(18)4-17(8)3-7-2-14-11-10(7)15-6-16-12(11)13/h2,6,8-9,14,18H,3-5H2,1H3,(H2,13,15,16)/t8-,9+/m1/s1. The molecule has 7 heteroatoms. The summed E-state index contributed by atoms with van der Waals surface area (Å²) in [6.45, 7) is 1.50. The second-order valence-electron chi connectivity index (χ2n) is 4.82. The van der Waals surface area contributed by atoms with Gasteiger partial charge in [-0.25, -0.2) is 9.97 Å². The molecule has 1 saturated heterocycles. The number of hydrogen-bond acceptors (Lipinski definition) is 6. The van der Waals surface area contributed by atoms with Crippen LogP contribution < -0.4 is 5.73 Å². The molecule has 0 bridgehead atoms. The molecule has 3 heterocycles. The average molecular weight is 279 g/mol. The SMILES string of the molecule is CSC[C@@H]1[C@@H](O)CN1Cc1c[nH]c2c(N)ncnc12. The van der Waals surface area contributed by atoms with Crippen LogP contribution in [0.2, 0.25) is 0 Å². The van der Waals surface area contributed by atoms with Crippen LogP contribution in [0.3, 0.4) is 0 Å². The van der Waals surface area contributed by atoms with Crippen LogP contribution in [0.5, 0.6) is 0 Å². The van der Waals surface area contributed by atoms with Gasteiger partial charge in [-0.15, -0.1) is 0 Å². The maximum Gasteiger partial charge on any atom is 0.151 e. The minimum absolute atomic E-state index is 0.211. The summed E-state index contributed by atoms with van der Waals surface area (Å²) in [5.74, 6) is 1.42. The number of aromatic amines is 1. The Morgan fingerprint density at radius 2 is 2.42 bits per heavy atom. The Labute approximate surface area is 115 Å². The summed E-state index contributed by atoms with van der Waals surface area (Å²) >= 11 is 1.76. The lowest BCUT2D eigenvalue weighted by Crippen LogP contribution is -2.60. The first-order valence-electron chi connectivity index (χ1n) is 6.18. The predicted octanol–water partition coefficient (Wildman–Crippen LogP) is 0.448. The summed E-state index contributed by atoms with van der Waals surface area (Å²) in [6.07, 6.45) is 5.26. The number of nitrogens with two attached hydrogens (primary N) is 1. The molecule has 0 saturated carbocycles. The van der Waals surface area contributed by atoms with Crippen LogP contribution in [0.15, 0.2) is 12.5 Å². The normalized spacial score (nSPS) is 23.7. The van der Waals surface area contributed by atoms with Crippen molar-refractivity contribution >= 4 is 28.6 Å². The number of aliphatic hydroxyl groups excluding tert-OH is 1. The van der Waals surface area contributed by atoms with Crippen LogP contribution in [0.1, 0.15) is 5.56 Å². The minimum atomic E-state index is -0.211. The van der Waals surface area contributed by atoms with E-state index in [2.05, 4.69) is 26.1 Å². The van der Waals surface area contributed by atoms with Crippen molar-refractivity contribution in [3.05, 3.63) is 18.1 Å². The fraction of sp³-hybridized carbons (Fsp3) is 0.500. The summed E-state index contributed by atoms with van der Waals surface area (Å²) in [6, 6.07) is 0.235. The van der Waals surface area contributed by atoms with E-state index in [0.29, 0.717) is 5.82 Å². The third-order valence-corrected chi connectivity index (χ3v) is 4.29. The van der Waals surface area contributed by atoms with Gasteiger partial charge in [0.05, 0.1) is 11.6 Å². The second-order valence-corrected chi connectivity index (χ2v) is 5.73. The van der Waals surface area contributed by atoms with E-state index >= 15 is 0 Å². The first-order valence-corrected chi connectivity index (χ1v) is 7.57. The fourth-order valence-corrected chi connectivity index (χ4v) is 3.30. The van der Waals surface area contributed by atoms with Crippen molar-refractivity contribution in [3.63, 3.8) is 0 Å². The Morgan fingerprint density at radius 3 is 3.16 bits per heavy atom. The molecular weight excluding hydrogens is 262 g/mol. The van der Waals surface area contributed by atoms with Crippen molar-refractivity contribution in [2.24, 2.45) is 0 Å². The smallest absolute Gasteiger partial charge is 0.151 e. The van der Waals surface area contributed by atoms with Crippen LogP contribution >= 0.6 is 11.8 Å². The number of fused-ring (bicyclic) bond motifs is 1. The number of aromatic nitrogens is 3. The van der Waals surface area contributed by atoms with Gasteiger partial charge in [0.25, 0.3) is 0 Å². The largest absolute Gasteiger partial charge is 0.390 e. The Hall–Kier alpha value is -1.31. The first-order chi connectivity index (χ1) is 9.20. The molecule has 3 rings (SSSR count).